The second-order valence-corrected chi connectivity index (χ2v) is 14.9. The number of nitrogens with zero attached hydrogens (tertiary/aromatic N) is 5. The van der Waals surface area contributed by atoms with E-state index in [0.717, 1.165) is 83.2 Å². The van der Waals surface area contributed by atoms with Gasteiger partial charge in [-0.2, -0.15) is 0 Å². The smallest absolute Gasteiger partial charge is 0.410 e. The molecule has 0 bridgehead atoms. The number of nitrogens with one attached hydrogen (secondary N) is 2. The van der Waals surface area contributed by atoms with Crippen LogP contribution in [0, 0.1) is 17.1 Å². The zero-order valence-electron chi connectivity index (χ0n) is 27.2. The molecule has 2 aromatic rings. The quantitative estimate of drug-likeness (QED) is 0.311. The molecule has 3 saturated heterocycles. The lowest BCUT2D eigenvalue weighted by Crippen LogP contribution is -2.55. The summed E-state index contributed by atoms with van der Waals surface area (Å²) in [6.45, 7) is 10.1. The number of halogens is 2. The van der Waals surface area contributed by atoms with Crippen LogP contribution in [0.25, 0.3) is 0 Å². The monoisotopic (exact) mass is 669 g/mol. The van der Waals surface area contributed by atoms with Gasteiger partial charge in [0.15, 0.2) is 5.11 Å². The number of rotatable bonds is 6. The fraction of sp³-hybridized carbons (Fsp3) is 0.588. The van der Waals surface area contributed by atoms with Crippen molar-refractivity contribution in [2.24, 2.45) is 5.92 Å². The van der Waals surface area contributed by atoms with Gasteiger partial charge in [-0.1, -0.05) is 17.7 Å². The molecule has 9 nitrogen and oxygen atoms in total. The van der Waals surface area contributed by atoms with Gasteiger partial charge in [0.25, 0.3) is 0 Å². The van der Waals surface area contributed by atoms with Crippen LogP contribution in [0.2, 0.25) is 5.02 Å². The standard InChI is InChI=1S/C34H45ClFN7O2S/c1-33(2,3)45-32(44)41-16-8-22(9-17-41)21-40-14-10-23(11-15-40)26-7-6-24(19-28(26)36)43-31(46)42(30(37)34(43)12-5-13-34)25-18-27(35)29(38-4)39-20-25/h6-7,18-20,22-23,37H,5,8-17,21H2,1-4H3,(H,38,39). The molecule has 0 unspecified atom stereocenters. The zero-order valence-corrected chi connectivity index (χ0v) is 28.8. The predicted molar refractivity (Wildman–Crippen MR) is 186 cm³/mol. The Bertz CT molecular complexity index is 1500. The van der Waals surface area contributed by atoms with Gasteiger partial charge in [-0.25, -0.2) is 14.2 Å². The van der Waals surface area contributed by atoms with Crippen molar-refractivity contribution in [1.82, 2.24) is 14.8 Å². The topological polar surface area (TPSA) is 88.0 Å². The normalized spacial score (nSPS) is 21.2. The van der Waals surface area contributed by atoms with Crippen LogP contribution < -0.4 is 15.1 Å². The predicted octanol–water partition coefficient (Wildman–Crippen LogP) is 7.25. The van der Waals surface area contributed by atoms with Crippen LogP contribution in [0.4, 0.5) is 26.4 Å². The molecule has 1 aromatic carbocycles. The second kappa shape index (κ2) is 12.9. The third kappa shape index (κ3) is 6.30. The fourth-order valence-electron chi connectivity index (χ4n) is 7.40. The van der Waals surface area contributed by atoms with Crippen LogP contribution in [0.5, 0.6) is 0 Å². The lowest BCUT2D eigenvalue weighted by atomic mass is 9.75. The number of pyridine rings is 1. The summed E-state index contributed by atoms with van der Waals surface area (Å²) in [5, 5.41) is 13.0. The molecule has 2 N–H and O–H groups in total. The molecule has 1 aliphatic carbocycles. The SMILES string of the molecule is CNc1ncc(N2C(=N)C3(CCC3)N(c3ccc(C4CCN(CC5CCN(C(=O)OC(C)(C)C)CC5)CC4)c(F)c3)C2=S)cc1Cl. The number of benzene rings is 1. The summed E-state index contributed by atoms with van der Waals surface area (Å²) < 4.78 is 21.4. The van der Waals surface area contributed by atoms with Gasteiger partial charge in [0, 0.05) is 32.4 Å². The summed E-state index contributed by atoms with van der Waals surface area (Å²) in [7, 11) is 1.75. The number of piperidine rings is 2. The number of anilines is 3. The van der Waals surface area contributed by atoms with Gasteiger partial charge >= 0.3 is 6.09 Å². The number of carbonyl (C=O) groups is 1. The molecular formula is C34H45ClFN7O2S. The molecule has 1 aromatic heterocycles. The van der Waals surface area contributed by atoms with Crippen LogP contribution in [0.1, 0.15) is 77.2 Å². The number of thiocarbonyl (C=S) groups is 1. The minimum Gasteiger partial charge on any atom is -0.444 e. The number of likely N-dealkylation sites (tertiary alicyclic amines) is 2. The minimum atomic E-state index is -0.590. The van der Waals surface area contributed by atoms with Gasteiger partial charge < -0.3 is 24.8 Å². The number of hydrogen-bond donors (Lipinski definition) is 2. The molecule has 0 radical (unpaired) electrons. The molecule has 0 atom stereocenters. The van der Waals surface area contributed by atoms with Crippen molar-refractivity contribution >= 4 is 58.1 Å². The van der Waals surface area contributed by atoms with Crippen molar-refractivity contribution in [2.75, 3.05) is 54.9 Å². The van der Waals surface area contributed by atoms with Crippen molar-refractivity contribution < 1.29 is 13.9 Å². The average molecular weight is 670 g/mol. The second-order valence-electron chi connectivity index (χ2n) is 14.2. The molecular weight excluding hydrogens is 625 g/mol. The van der Waals surface area contributed by atoms with Crippen molar-refractivity contribution in [3.05, 3.63) is 46.9 Å². The third-order valence-electron chi connectivity index (χ3n) is 10.0. The maximum absolute atomic E-state index is 15.9. The first kappa shape index (κ1) is 32.9. The molecule has 12 heteroatoms. The summed E-state index contributed by atoms with van der Waals surface area (Å²) in [6.07, 6.45) is 7.77. The molecule has 1 amide bonds. The molecule has 4 aliphatic rings. The van der Waals surface area contributed by atoms with Crippen LogP contribution in [-0.2, 0) is 4.74 Å². The molecule has 4 heterocycles. The van der Waals surface area contributed by atoms with E-state index in [-0.39, 0.29) is 17.8 Å². The third-order valence-corrected chi connectivity index (χ3v) is 10.7. The molecule has 4 fully saturated rings. The Morgan fingerprint density at radius 1 is 1.13 bits per heavy atom. The Hall–Kier alpha value is -3.02. The van der Waals surface area contributed by atoms with Crippen LogP contribution >= 0.6 is 23.8 Å². The van der Waals surface area contributed by atoms with E-state index in [0.29, 0.717) is 39.1 Å². The molecule has 248 valence electrons. The summed E-state index contributed by atoms with van der Waals surface area (Å²) >= 11 is 12.4. The summed E-state index contributed by atoms with van der Waals surface area (Å²) in [6, 6.07) is 7.28. The van der Waals surface area contributed by atoms with Gasteiger partial charge in [-0.3, -0.25) is 10.3 Å². The molecule has 6 rings (SSSR count). The van der Waals surface area contributed by atoms with Crippen LogP contribution in [0.15, 0.2) is 30.5 Å². The van der Waals surface area contributed by atoms with Crippen LogP contribution in [0.3, 0.4) is 0 Å². The Morgan fingerprint density at radius 3 is 2.39 bits per heavy atom. The first-order valence-corrected chi connectivity index (χ1v) is 17.2. The van der Waals surface area contributed by atoms with E-state index in [2.05, 4.69) is 15.2 Å². The summed E-state index contributed by atoms with van der Waals surface area (Å²) in [5.74, 6) is 1.44. The molecule has 1 saturated carbocycles. The number of amidine groups is 1. The number of hydrogen-bond acceptors (Lipinski definition) is 7. The van der Waals surface area contributed by atoms with E-state index in [4.69, 9.17) is 34.0 Å². The maximum atomic E-state index is 15.9. The molecule has 1 spiro atoms. The Balaban J connectivity index is 1.08. The first-order valence-electron chi connectivity index (χ1n) is 16.5. The van der Waals surface area contributed by atoms with Crippen molar-refractivity contribution in [1.29, 1.82) is 5.41 Å². The molecule has 3 aliphatic heterocycles. The highest BCUT2D eigenvalue weighted by molar-refractivity contribution is 7.81. The Kier molecular flexibility index (Phi) is 9.21. The van der Waals surface area contributed by atoms with Gasteiger partial charge in [-0.15, -0.1) is 0 Å². The highest BCUT2D eigenvalue weighted by atomic mass is 35.5. The summed E-state index contributed by atoms with van der Waals surface area (Å²) in [4.78, 5) is 24.8. The molecule has 46 heavy (non-hydrogen) atoms. The van der Waals surface area contributed by atoms with Crippen molar-refractivity contribution in [3.8, 4) is 0 Å². The number of amides is 1. The first-order chi connectivity index (χ1) is 21.9. The van der Waals surface area contributed by atoms with E-state index >= 15 is 4.39 Å². The Morgan fingerprint density at radius 2 is 1.83 bits per heavy atom. The van der Waals surface area contributed by atoms with Gasteiger partial charge in [0.1, 0.15) is 28.6 Å². The number of carbonyl (C=O) groups excluding carboxylic acids is 1. The average Bonchev–Trinajstić information content (AvgIpc) is 3.23. The largest absolute Gasteiger partial charge is 0.444 e. The lowest BCUT2D eigenvalue weighted by Gasteiger charge is -2.44. The Labute approximate surface area is 281 Å². The van der Waals surface area contributed by atoms with E-state index < -0.39 is 11.1 Å². The zero-order chi connectivity index (χ0) is 32.8. The van der Waals surface area contributed by atoms with Crippen molar-refractivity contribution in [3.63, 3.8) is 0 Å². The summed E-state index contributed by atoms with van der Waals surface area (Å²) in [5.41, 5.74) is 1.00. The van der Waals surface area contributed by atoms with E-state index in [1.165, 1.54) is 0 Å². The highest BCUT2D eigenvalue weighted by Gasteiger charge is 2.57. The fourth-order valence-corrected chi connectivity index (χ4v) is 8.13. The minimum absolute atomic E-state index is 0.163. The van der Waals surface area contributed by atoms with E-state index in [1.807, 2.05) is 42.7 Å². The van der Waals surface area contributed by atoms with Crippen molar-refractivity contribution in [2.45, 2.75) is 82.8 Å². The lowest BCUT2D eigenvalue weighted by molar-refractivity contribution is 0.0165. The number of aromatic nitrogens is 1. The van der Waals surface area contributed by atoms with Gasteiger partial charge in [0.05, 0.1) is 16.9 Å². The highest BCUT2D eigenvalue weighted by Crippen LogP contribution is 2.48. The van der Waals surface area contributed by atoms with E-state index in [9.17, 15) is 4.79 Å². The van der Waals surface area contributed by atoms with Crippen LogP contribution in [-0.4, -0.2) is 82.7 Å². The van der Waals surface area contributed by atoms with Gasteiger partial charge in [0.2, 0.25) is 0 Å². The van der Waals surface area contributed by atoms with Gasteiger partial charge in [-0.05, 0) is 127 Å². The number of ether oxygens (including phenoxy) is 1. The van der Waals surface area contributed by atoms with E-state index in [1.54, 1.807) is 30.3 Å². The maximum Gasteiger partial charge on any atom is 0.410 e.